The molecular weight excluding hydrogens is 380 g/mol. The van der Waals surface area contributed by atoms with Gasteiger partial charge in [0.05, 0.1) is 25.0 Å². The van der Waals surface area contributed by atoms with E-state index in [1.54, 1.807) is 18.2 Å². The van der Waals surface area contributed by atoms with Gasteiger partial charge in [0.2, 0.25) is 0 Å². The van der Waals surface area contributed by atoms with E-state index in [0.717, 1.165) is 43.7 Å². The zero-order valence-corrected chi connectivity index (χ0v) is 17.4. The van der Waals surface area contributed by atoms with E-state index in [-0.39, 0.29) is 11.8 Å². The second kappa shape index (κ2) is 8.61. The summed E-state index contributed by atoms with van der Waals surface area (Å²) in [6.07, 6.45) is 2.94. The fourth-order valence-corrected chi connectivity index (χ4v) is 3.98. The number of carbonyl (C=O) groups excluding carboxylic acids is 2. The summed E-state index contributed by atoms with van der Waals surface area (Å²) in [5.74, 6) is 0.619. The Morgan fingerprint density at radius 3 is 2.30 bits per heavy atom. The van der Waals surface area contributed by atoms with Crippen molar-refractivity contribution in [3.63, 3.8) is 0 Å². The highest BCUT2D eigenvalue weighted by Crippen LogP contribution is 2.39. The molecule has 0 N–H and O–H groups in total. The van der Waals surface area contributed by atoms with Crippen molar-refractivity contribution < 1.29 is 19.1 Å². The molecule has 2 amide bonds. The molecule has 2 aliphatic rings. The minimum atomic E-state index is -0.325. The van der Waals surface area contributed by atoms with Crippen LogP contribution < -0.4 is 14.4 Å². The molecule has 2 heterocycles. The third-order valence-electron chi connectivity index (χ3n) is 5.42. The molecule has 2 aliphatic heterocycles. The number of methoxy groups -OCH3 is 1. The molecule has 0 saturated carbocycles. The molecule has 1 fully saturated rings. The van der Waals surface area contributed by atoms with Gasteiger partial charge in [0.25, 0.3) is 11.8 Å². The summed E-state index contributed by atoms with van der Waals surface area (Å²) in [4.78, 5) is 30.3. The summed E-state index contributed by atoms with van der Waals surface area (Å²) >= 11 is 0. The summed E-state index contributed by atoms with van der Waals surface area (Å²) in [5, 5.41) is 0. The molecule has 30 heavy (non-hydrogen) atoms. The number of para-hydroxylation sites is 2. The van der Waals surface area contributed by atoms with Crippen LogP contribution in [0.5, 0.6) is 11.5 Å². The molecule has 0 unspecified atom stereocenters. The van der Waals surface area contributed by atoms with Crippen molar-refractivity contribution >= 4 is 23.1 Å². The normalized spacial score (nSPS) is 16.6. The van der Waals surface area contributed by atoms with Crippen LogP contribution in [-0.2, 0) is 9.59 Å². The molecule has 4 rings (SSSR count). The number of nitrogens with zero attached hydrogens (tertiary/aromatic N) is 2. The van der Waals surface area contributed by atoms with Gasteiger partial charge in [0.15, 0.2) is 0 Å². The van der Waals surface area contributed by atoms with Crippen molar-refractivity contribution in [2.24, 2.45) is 0 Å². The Morgan fingerprint density at radius 2 is 1.63 bits per heavy atom. The number of amides is 2. The lowest BCUT2D eigenvalue weighted by molar-refractivity contribution is -0.120. The molecule has 1 saturated heterocycles. The summed E-state index contributed by atoms with van der Waals surface area (Å²) < 4.78 is 11.1. The maximum Gasteiger partial charge on any atom is 0.282 e. The Morgan fingerprint density at radius 1 is 0.933 bits per heavy atom. The van der Waals surface area contributed by atoms with E-state index in [1.165, 1.54) is 12.0 Å². The standard InChI is InChI=1S/C24H26N2O4/c1-3-16-30-18-12-10-17(11-13-18)21-22(25-14-6-7-15-25)24(28)26(23(21)27)19-8-4-5-9-20(19)29-2/h4-5,8-13H,3,6-7,14-16H2,1-2H3. The average Bonchev–Trinajstić information content (AvgIpc) is 3.39. The number of carbonyl (C=O) groups is 2. The molecule has 0 aromatic heterocycles. The molecule has 6 nitrogen and oxygen atoms in total. The van der Waals surface area contributed by atoms with Gasteiger partial charge in [-0.3, -0.25) is 9.59 Å². The van der Waals surface area contributed by atoms with Gasteiger partial charge < -0.3 is 14.4 Å². The highest BCUT2D eigenvalue weighted by molar-refractivity contribution is 6.45. The third kappa shape index (κ3) is 3.54. The summed E-state index contributed by atoms with van der Waals surface area (Å²) in [6.45, 7) is 4.24. The number of hydrogen-bond acceptors (Lipinski definition) is 5. The first kappa shape index (κ1) is 20.0. The fourth-order valence-electron chi connectivity index (χ4n) is 3.98. The molecule has 6 heteroatoms. The van der Waals surface area contributed by atoms with Gasteiger partial charge in [-0.25, -0.2) is 4.90 Å². The van der Waals surface area contributed by atoms with E-state index in [9.17, 15) is 9.59 Å². The average molecular weight is 406 g/mol. The minimum absolute atomic E-state index is 0.298. The number of ether oxygens (including phenoxy) is 2. The SMILES string of the molecule is CCCOc1ccc(C2=C(N3CCCC3)C(=O)N(c3ccccc3OC)C2=O)cc1. The predicted molar refractivity (Wildman–Crippen MR) is 115 cm³/mol. The van der Waals surface area contributed by atoms with Gasteiger partial charge in [-0.15, -0.1) is 0 Å². The van der Waals surface area contributed by atoms with Gasteiger partial charge in [0, 0.05) is 13.1 Å². The summed E-state index contributed by atoms with van der Waals surface area (Å²) in [5.41, 5.74) is 2.10. The Balaban J connectivity index is 1.76. The van der Waals surface area contributed by atoms with Gasteiger partial charge in [-0.05, 0) is 49.1 Å². The number of anilines is 1. The fraction of sp³-hybridized carbons (Fsp3) is 0.333. The van der Waals surface area contributed by atoms with Gasteiger partial charge in [-0.1, -0.05) is 31.2 Å². The van der Waals surface area contributed by atoms with Crippen LogP contribution in [0.25, 0.3) is 5.57 Å². The van der Waals surface area contributed by atoms with Crippen molar-refractivity contribution in [3.05, 3.63) is 59.8 Å². The van der Waals surface area contributed by atoms with E-state index < -0.39 is 0 Å². The molecule has 156 valence electrons. The van der Waals surface area contributed by atoms with Gasteiger partial charge in [0.1, 0.15) is 17.2 Å². The molecule has 0 spiro atoms. The molecular formula is C24H26N2O4. The Kier molecular flexibility index (Phi) is 5.74. The lowest BCUT2D eigenvalue weighted by Crippen LogP contribution is -2.34. The van der Waals surface area contributed by atoms with Crippen molar-refractivity contribution in [1.29, 1.82) is 0 Å². The van der Waals surface area contributed by atoms with E-state index in [1.807, 2.05) is 35.2 Å². The highest BCUT2D eigenvalue weighted by Gasteiger charge is 2.43. The summed E-state index contributed by atoms with van der Waals surface area (Å²) in [7, 11) is 1.54. The maximum absolute atomic E-state index is 13.5. The van der Waals surface area contributed by atoms with Crippen LogP contribution in [-0.4, -0.2) is 43.5 Å². The van der Waals surface area contributed by atoms with Crippen LogP contribution in [0.4, 0.5) is 5.69 Å². The van der Waals surface area contributed by atoms with Crippen molar-refractivity contribution in [2.75, 3.05) is 31.7 Å². The second-order valence-corrected chi connectivity index (χ2v) is 7.41. The van der Waals surface area contributed by atoms with Gasteiger partial charge in [-0.2, -0.15) is 0 Å². The second-order valence-electron chi connectivity index (χ2n) is 7.41. The first-order valence-electron chi connectivity index (χ1n) is 10.4. The van der Waals surface area contributed by atoms with Crippen LogP contribution in [0.15, 0.2) is 54.2 Å². The van der Waals surface area contributed by atoms with Gasteiger partial charge >= 0.3 is 0 Å². The first-order chi connectivity index (χ1) is 14.7. The number of likely N-dealkylation sites (tertiary alicyclic amines) is 1. The highest BCUT2D eigenvalue weighted by atomic mass is 16.5. The van der Waals surface area contributed by atoms with Crippen LogP contribution in [0.1, 0.15) is 31.7 Å². The number of rotatable bonds is 7. The lowest BCUT2D eigenvalue weighted by atomic mass is 10.0. The van der Waals surface area contributed by atoms with Crippen LogP contribution >= 0.6 is 0 Å². The van der Waals surface area contributed by atoms with E-state index in [4.69, 9.17) is 9.47 Å². The maximum atomic E-state index is 13.5. The lowest BCUT2D eigenvalue weighted by Gasteiger charge is -2.21. The topological polar surface area (TPSA) is 59.1 Å². The zero-order valence-electron chi connectivity index (χ0n) is 17.4. The molecule has 0 radical (unpaired) electrons. The molecule has 2 aromatic carbocycles. The Labute approximate surface area is 176 Å². The number of hydrogen-bond donors (Lipinski definition) is 0. The van der Waals surface area contributed by atoms with Crippen molar-refractivity contribution in [2.45, 2.75) is 26.2 Å². The Bertz CT molecular complexity index is 975. The molecule has 2 aromatic rings. The third-order valence-corrected chi connectivity index (χ3v) is 5.42. The number of benzene rings is 2. The first-order valence-corrected chi connectivity index (χ1v) is 10.4. The monoisotopic (exact) mass is 406 g/mol. The predicted octanol–water partition coefficient (Wildman–Crippen LogP) is 3.86. The number of imide groups is 1. The van der Waals surface area contributed by atoms with Crippen LogP contribution in [0.2, 0.25) is 0 Å². The smallest absolute Gasteiger partial charge is 0.282 e. The quantitative estimate of drug-likeness (QED) is 0.654. The Hall–Kier alpha value is -3.28. The molecule has 0 bridgehead atoms. The van der Waals surface area contributed by atoms with Crippen LogP contribution in [0.3, 0.4) is 0 Å². The molecule has 0 aliphatic carbocycles. The zero-order chi connectivity index (χ0) is 21.1. The van der Waals surface area contributed by atoms with Crippen molar-refractivity contribution in [1.82, 2.24) is 4.90 Å². The van der Waals surface area contributed by atoms with E-state index in [2.05, 4.69) is 6.92 Å². The van der Waals surface area contributed by atoms with Crippen molar-refractivity contribution in [3.8, 4) is 11.5 Å². The molecule has 0 atom stereocenters. The minimum Gasteiger partial charge on any atom is -0.495 e. The van der Waals surface area contributed by atoms with E-state index in [0.29, 0.717) is 29.3 Å². The largest absolute Gasteiger partial charge is 0.495 e. The summed E-state index contributed by atoms with van der Waals surface area (Å²) in [6, 6.07) is 14.5. The van der Waals surface area contributed by atoms with Crippen LogP contribution in [0, 0.1) is 0 Å². The van der Waals surface area contributed by atoms with E-state index >= 15 is 0 Å².